The van der Waals surface area contributed by atoms with Crippen LogP contribution in [0.2, 0.25) is 0 Å². The van der Waals surface area contributed by atoms with Crippen molar-refractivity contribution in [1.82, 2.24) is 14.9 Å². The van der Waals surface area contributed by atoms with Crippen molar-refractivity contribution >= 4 is 17.5 Å². The maximum absolute atomic E-state index is 12.9. The Morgan fingerprint density at radius 3 is 2.15 bits per heavy atom. The molecule has 0 radical (unpaired) electrons. The minimum atomic E-state index is -0.570. The number of nitrogens with one attached hydrogen (secondary N) is 2. The Morgan fingerprint density at radius 2 is 1.47 bits per heavy atom. The Bertz CT molecular complexity index is 1360. The molecule has 2 N–H and O–H groups in total. The van der Waals surface area contributed by atoms with Gasteiger partial charge in [-0.15, -0.1) is 0 Å². The molecule has 4 rings (SSSR count). The van der Waals surface area contributed by atoms with Crippen LogP contribution in [0.1, 0.15) is 38.2 Å². The Hall–Kier alpha value is -4.19. The third kappa shape index (κ3) is 5.41. The Morgan fingerprint density at radius 1 is 0.853 bits per heavy atom. The zero-order valence-electron chi connectivity index (χ0n) is 19.6. The normalized spacial score (nSPS) is 10.7. The summed E-state index contributed by atoms with van der Waals surface area (Å²) in [7, 11) is 0. The van der Waals surface area contributed by atoms with E-state index in [-0.39, 0.29) is 5.56 Å². The summed E-state index contributed by atoms with van der Waals surface area (Å²) in [6.07, 6.45) is 1.58. The van der Waals surface area contributed by atoms with E-state index in [0.29, 0.717) is 19.0 Å². The first-order chi connectivity index (χ1) is 16.4. The fourth-order valence-electron chi connectivity index (χ4n) is 3.74. The SMILES string of the molecule is Cc1cc(C)c(Nc2nc(=O)c(C(=O)NCc3ccccc3)cn2Cc2ccccc2)cc1C. The number of rotatable bonds is 7. The first-order valence-electron chi connectivity index (χ1n) is 11.2. The second-order valence-corrected chi connectivity index (χ2v) is 8.44. The third-order valence-corrected chi connectivity index (χ3v) is 5.82. The summed E-state index contributed by atoms with van der Waals surface area (Å²) < 4.78 is 1.81. The van der Waals surface area contributed by atoms with E-state index in [1.165, 1.54) is 5.56 Å². The number of carbonyl (C=O) groups excluding carboxylic acids is 1. The van der Waals surface area contributed by atoms with Gasteiger partial charge in [-0.3, -0.25) is 9.59 Å². The van der Waals surface area contributed by atoms with E-state index in [4.69, 9.17) is 0 Å². The number of nitrogens with zero attached hydrogens (tertiary/aromatic N) is 2. The maximum atomic E-state index is 12.9. The van der Waals surface area contributed by atoms with Gasteiger partial charge in [0, 0.05) is 18.4 Å². The molecule has 0 aliphatic heterocycles. The topological polar surface area (TPSA) is 76.0 Å². The number of benzene rings is 3. The smallest absolute Gasteiger partial charge is 0.287 e. The molecule has 0 aliphatic carbocycles. The van der Waals surface area contributed by atoms with E-state index >= 15 is 0 Å². The van der Waals surface area contributed by atoms with Crippen molar-refractivity contribution in [2.45, 2.75) is 33.9 Å². The molecule has 0 bridgehead atoms. The van der Waals surface area contributed by atoms with Gasteiger partial charge in [0.1, 0.15) is 5.56 Å². The molecule has 0 unspecified atom stereocenters. The monoisotopic (exact) mass is 452 g/mol. The molecule has 4 aromatic rings. The van der Waals surface area contributed by atoms with E-state index in [1.807, 2.05) is 85.1 Å². The van der Waals surface area contributed by atoms with Gasteiger partial charge in [-0.1, -0.05) is 66.7 Å². The highest BCUT2D eigenvalue weighted by atomic mass is 16.2. The molecule has 3 aromatic carbocycles. The fourth-order valence-corrected chi connectivity index (χ4v) is 3.74. The largest absolute Gasteiger partial charge is 0.348 e. The molecule has 0 saturated carbocycles. The summed E-state index contributed by atoms with van der Waals surface area (Å²) in [6, 6.07) is 23.6. The fraction of sp³-hybridized carbons (Fsp3) is 0.179. The number of carbonyl (C=O) groups is 1. The van der Waals surface area contributed by atoms with Crippen molar-refractivity contribution in [2.24, 2.45) is 0 Å². The number of hydrogen-bond donors (Lipinski definition) is 2. The van der Waals surface area contributed by atoms with Crippen molar-refractivity contribution in [2.75, 3.05) is 5.32 Å². The van der Waals surface area contributed by atoms with Crippen LogP contribution in [0.5, 0.6) is 0 Å². The van der Waals surface area contributed by atoms with Crippen molar-refractivity contribution < 1.29 is 4.79 Å². The molecule has 0 atom stereocenters. The zero-order chi connectivity index (χ0) is 24.1. The van der Waals surface area contributed by atoms with Crippen LogP contribution in [-0.2, 0) is 13.1 Å². The van der Waals surface area contributed by atoms with Crippen LogP contribution in [0.15, 0.2) is 83.8 Å². The summed E-state index contributed by atoms with van der Waals surface area (Å²) in [5.41, 5.74) is 5.69. The van der Waals surface area contributed by atoms with E-state index in [9.17, 15) is 9.59 Å². The molecule has 6 heteroatoms. The Balaban J connectivity index is 1.68. The second kappa shape index (κ2) is 10.2. The lowest BCUT2D eigenvalue weighted by Crippen LogP contribution is -2.31. The summed E-state index contributed by atoms with van der Waals surface area (Å²) in [5.74, 6) is -0.0584. The number of hydrogen-bond acceptors (Lipinski definition) is 4. The van der Waals surface area contributed by atoms with Crippen molar-refractivity contribution in [3.63, 3.8) is 0 Å². The molecule has 1 aromatic heterocycles. The molecule has 6 nitrogen and oxygen atoms in total. The first kappa shape index (κ1) is 23.0. The minimum absolute atomic E-state index is 0.00854. The zero-order valence-corrected chi connectivity index (χ0v) is 19.6. The Kier molecular flexibility index (Phi) is 6.87. The molecule has 0 aliphatic rings. The van der Waals surface area contributed by atoms with Crippen molar-refractivity contribution in [3.05, 3.63) is 123 Å². The molecular formula is C28H28N4O2. The summed E-state index contributed by atoms with van der Waals surface area (Å²) in [4.78, 5) is 30.0. The molecule has 1 amide bonds. The van der Waals surface area contributed by atoms with Gasteiger partial charge in [0.2, 0.25) is 5.95 Å². The second-order valence-electron chi connectivity index (χ2n) is 8.44. The van der Waals surface area contributed by atoms with Gasteiger partial charge in [-0.05, 0) is 54.7 Å². The molecule has 0 fully saturated rings. The van der Waals surface area contributed by atoms with Gasteiger partial charge < -0.3 is 15.2 Å². The number of amides is 1. The standard InChI is InChI=1S/C28H28N4O2/c1-19-14-21(3)25(15-20(19)2)30-28-31-27(34)24(18-32(28)17-23-12-8-5-9-13-23)26(33)29-16-22-10-6-4-7-11-22/h4-15,18H,16-17H2,1-3H3,(H,29,33)(H,30,31,34). The average molecular weight is 453 g/mol. The molecule has 172 valence electrons. The molecular weight excluding hydrogens is 424 g/mol. The maximum Gasteiger partial charge on any atom is 0.287 e. The number of anilines is 2. The van der Waals surface area contributed by atoms with E-state index in [2.05, 4.69) is 28.6 Å². The van der Waals surface area contributed by atoms with Crippen LogP contribution in [0.3, 0.4) is 0 Å². The van der Waals surface area contributed by atoms with Crippen LogP contribution in [0, 0.1) is 20.8 Å². The van der Waals surface area contributed by atoms with Crippen LogP contribution < -0.4 is 16.2 Å². The van der Waals surface area contributed by atoms with Gasteiger partial charge in [0.15, 0.2) is 0 Å². The van der Waals surface area contributed by atoms with Gasteiger partial charge in [0.05, 0.1) is 6.54 Å². The molecule has 1 heterocycles. The summed E-state index contributed by atoms with van der Waals surface area (Å²) in [5, 5.41) is 6.14. The van der Waals surface area contributed by atoms with Crippen molar-refractivity contribution in [3.8, 4) is 0 Å². The lowest BCUT2D eigenvalue weighted by molar-refractivity contribution is 0.0948. The Labute approximate surface area is 199 Å². The van der Waals surface area contributed by atoms with Crippen LogP contribution in [-0.4, -0.2) is 15.5 Å². The predicted molar refractivity (Wildman–Crippen MR) is 136 cm³/mol. The molecule has 0 spiro atoms. The highest BCUT2D eigenvalue weighted by Gasteiger charge is 2.16. The van der Waals surface area contributed by atoms with Gasteiger partial charge in [-0.25, -0.2) is 0 Å². The number of aryl methyl sites for hydroxylation is 3. The minimum Gasteiger partial charge on any atom is -0.348 e. The van der Waals surface area contributed by atoms with Gasteiger partial charge in [0.25, 0.3) is 11.5 Å². The predicted octanol–water partition coefficient (Wildman–Crippen LogP) is 4.89. The average Bonchev–Trinajstić information content (AvgIpc) is 2.84. The van der Waals surface area contributed by atoms with Gasteiger partial charge >= 0.3 is 0 Å². The van der Waals surface area contributed by atoms with Gasteiger partial charge in [-0.2, -0.15) is 4.98 Å². The number of aromatic nitrogens is 2. The molecule has 34 heavy (non-hydrogen) atoms. The summed E-state index contributed by atoms with van der Waals surface area (Å²) >= 11 is 0. The van der Waals surface area contributed by atoms with Crippen LogP contribution >= 0.6 is 0 Å². The van der Waals surface area contributed by atoms with E-state index in [0.717, 1.165) is 27.9 Å². The van der Waals surface area contributed by atoms with Crippen LogP contribution in [0.4, 0.5) is 11.6 Å². The lowest BCUT2D eigenvalue weighted by atomic mass is 10.1. The van der Waals surface area contributed by atoms with Crippen LogP contribution in [0.25, 0.3) is 0 Å². The lowest BCUT2D eigenvalue weighted by Gasteiger charge is -2.17. The van der Waals surface area contributed by atoms with E-state index < -0.39 is 11.5 Å². The third-order valence-electron chi connectivity index (χ3n) is 5.82. The highest BCUT2D eigenvalue weighted by molar-refractivity contribution is 5.93. The van der Waals surface area contributed by atoms with E-state index in [1.54, 1.807) is 6.20 Å². The van der Waals surface area contributed by atoms with Crippen molar-refractivity contribution in [1.29, 1.82) is 0 Å². The summed E-state index contributed by atoms with van der Waals surface area (Å²) in [6.45, 7) is 6.92. The molecule has 0 saturated heterocycles. The quantitative estimate of drug-likeness (QED) is 0.419. The first-order valence-corrected chi connectivity index (χ1v) is 11.2. The highest BCUT2D eigenvalue weighted by Crippen LogP contribution is 2.23.